The molecule has 4 N–H and O–H groups in total. The average molecular weight is 702 g/mol. The maximum atomic E-state index is 13.2. The number of ether oxygens (including phenoxy) is 1. The maximum Gasteiger partial charge on any atom is 0.332 e. The third-order valence-corrected chi connectivity index (χ3v) is 9.59. The molecule has 0 aromatic carbocycles. The van der Waals surface area contributed by atoms with Gasteiger partial charge in [-0.15, -0.1) is 0 Å². The molecule has 11 nitrogen and oxygen atoms in total. The van der Waals surface area contributed by atoms with Crippen LogP contribution in [-0.4, -0.2) is 78.6 Å². The van der Waals surface area contributed by atoms with E-state index < -0.39 is 56.0 Å². The first-order valence-corrected chi connectivity index (χ1v) is 19.4. The van der Waals surface area contributed by atoms with Crippen LogP contribution in [0.2, 0.25) is 0 Å². The Morgan fingerprint density at radius 2 is 1.38 bits per heavy atom. The Bertz CT molecular complexity index is 1180. The number of allylic oxidation sites excluding steroid dienone is 6. The summed E-state index contributed by atoms with van der Waals surface area (Å²) in [6.07, 6.45) is 9.45. The summed E-state index contributed by atoms with van der Waals surface area (Å²) >= 11 is 1.52. The fourth-order valence-corrected chi connectivity index (χ4v) is 5.72. The van der Waals surface area contributed by atoms with Crippen molar-refractivity contribution in [3.8, 4) is 0 Å². The molecule has 0 aromatic heterocycles. The van der Waals surface area contributed by atoms with Gasteiger partial charge in [-0.2, -0.15) is 11.8 Å². The minimum atomic E-state index is -4.11. The van der Waals surface area contributed by atoms with Crippen LogP contribution in [-0.2, 0) is 33.0 Å². The first kappa shape index (κ1) is 44.6. The standard InChI is InChI=1S/C34H60N3O8PS/c1-22(2)27(9)16-15-25(7)13-12-14-26(8)17-19-46(42,43)45-21-29(38)36-30(23(3)4)33(40)37-31(24(5)6)32(39)35-28(18-20-47-11)34(41)44-10/h13,17,23-24,28,30-31H,12,14-16,18-21H2,1-11H3,(H,35,39)(H,36,38)(H,37,40)(H,42,43)/b25-13-,26-17+/t28-,30-,31-/m0/s1. The van der Waals surface area contributed by atoms with Gasteiger partial charge in [0.25, 0.3) is 0 Å². The average Bonchev–Trinajstić information content (AvgIpc) is 3.00. The van der Waals surface area contributed by atoms with Crippen molar-refractivity contribution in [3.63, 3.8) is 0 Å². The minimum Gasteiger partial charge on any atom is -0.467 e. The molecule has 4 atom stereocenters. The fraction of sp³-hybridized carbons (Fsp3) is 0.706. The van der Waals surface area contributed by atoms with Crippen molar-refractivity contribution in [3.05, 3.63) is 34.4 Å². The highest BCUT2D eigenvalue weighted by molar-refractivity contribution is 7.98. The minimum absolute atomic E-state index is 0.239. The number of amides is 3. The van der Waals surface area contributed by atoms with Crippen LogP contribution in [0.3, 0.4) is 0 Å². The Kier molecular flexibility index (Phi) is 21.9. The Balaban J connectivity index is 5.15. The van der Waals surface area contributed by atoms with Gasteiger partial charge in [0.15, 0.2) is 0 Å². The molecule has 0 heterocycles. The molecule has 3 amide bonds. The Labute approximate surface area is 287 Å². The highest BCUT2D eigenvalue weighted by Crippen LogP contribution is 2.42. The van der Waals surface area contributed by atoms with Crippen LogP contribution < -0.4 is 16.0 Å². The largest absolute Gasteiger partial charge is 0.467 e. The lowest BCUT2D eigenvalue weighted by Gasteiger charge is -2.28. The number of thioether (sulfide) groups is 1. The van der Waals surface area contributed by atoms with Gasteiger partial charge in [-0.25, -0.2) is 4.79 Å². The lowest BCUT2D eigenvalue weighted by molar-refractivity contribution is -0.145. The van der Waals surface area contributed by atoms with Crippen LogP contribution in [0.4, 0.5) is 0 Å². The quantitative estimate of drug-likeness (QED) is 0.0632. The SMILES string of the molecule is COC(=O)[C@H](CCSC)NC(=O)[C@@H](NC(=O)[C@@H](NC(=O)COP(=O)(O)C/C=C(\C)CC/C=C(/C)CCC(C)=C(C)C)C(C)C)C(C)C. The number of rotatable bonds is 22. The van der Waals surface area contributed by atoms with Gasteiger partial charge in [0, 0.05) is 0 Å². The molecule has 0 fully saturated rings. The molecule has 0 saturated heterocycles. The molecule has 0 aliphatic rings. The summed E-state index contributed by atoms with van der Waals surface area (Å²) in [5.74, 6) is -2.57. The van der Waals surface area contributed by atoms with Crippen LogP contribution in [0.1, 0.15) is 94.4 Å². The molecule has 0 aromatic rings. The summed E-state index contributed by atoms with van der Waals surface area (Å²) < 4.78 is 22.5. The molecule has 0 radical (unpaired) electrons. The zero-order valence-electron chi connectivity index (χ0n) is 30.4. The van der Waals surface area contributed by atoms with E-state index in [1.807, 2.05) is 13.2 Å². The van der Waals surface area contributed by atoms with Crippen molar-refractivity contribution < 1.29 is 37.9 Å². The number of nitrogens with one attached hydrogen (secondary N) is 3. The third kappa shape index (κ3) is 19.3. The Morgan fingerprint density at radius 1 is 0.830 bits per heavy atom. The van der Waals surface area contributed by atoms with E-state index in [9.17, 15) is 28.6 Å². The van der Waals surface area contributed by atoms with E-state index in [2.05, 4.69) is 49.7 Å². The van der Waals surface area contributed by atoms with E-state index in [4.69, 9.17) is 9.26 Å². The molecular weight excluding hydrogens is 641 g/mol. The summed E-state index contributed by atoms with van der Waals surface area (Å²) in [5, 5.41) is 7.90. The molecule has 0 rings (SSSR count). The first-order valence-electron chi connectivity index (χ1n) is 16.2. The summed E-state index contributed by atoms with van der Waals surface area (Å²) in [4.78, 5) is 61.5. The first-order chi connectivity index (χ1) is 21.8. The van der Waals surface area contributed by atoms with E-state index in [-0.39, 0.29) is 18.0 Å². The van der Waals surface area contributed by atoms with Gasteiger partial charge in [-0.3, -0.25) is 23.5 Å². The molecule has 0 bridgehead atoms. The number of hydrogen-bond donors (Lipinski definition) is 4. The van der Waals surface area contributed by atoms with Gasteiger partial charge in [0.1, 0.15) is 24.7 Å². The number of carbonyl (C=O) groups excluding carboxylic acids is 4. The molecule has 0 saturated carbocycles. The molecule has 0 aliphatic carbocycles. The number of methoxy groups -OCH3 is 1. The number of carbonyl (C=O) groups is 4. The number of esters is 1. The van der Waals surface area contributed by atoms with Crippen molar-refractivity contribution in [1.82, 2.24) is 16.0 Å². The van der Waals surface area contributed by atoms with E-state index in [1.54, 1.807) is 33.8 Å². The zero-order chi connectivity index (χ0) is 36.3. The van der Waals surface area contributed by atoms with Crippen molar-refractivity contribution in [2.24, 2.45) is 11.8 Å². The van der Waals surface area contributed by atoms with Crippen molar-refractivity contribution in [2.45, 2.75) is 113 Å². The van der Waals surface area contributed by atoms with Gasteiger partial charge in [0.2, 0.25) is 17.7 Å². The lowest BCUT2D eigenvalue weighted by Crippen LogP contribution is -2.58. The molecular formula is C34H60N3O8PS. The van der Waals surface area contributed by atoms with Crippen LogP contribution in [0.15, 0.2) is 34.4 Å². The molecule has 1 unspecified atom stereocenters. The number of hydrogen-bond acceptors (Lipinski definition) is 8. The van der Waals surface area contributed by atoms with Crippen molar-refractivity contribution in [1.29, 1.82) is 0 Å². The second-order valence-electron chi connectivity index (χ2n) is 12.9. The molecule has 0 aliphatic heterocycles. The van der Waals surface area contributed by atoms with Gasteiger partial charge < -0.3 is 25.6 Å². The third-order valence-electron chi connectivity index (χ3n) is 7.77. The van der Waals surface area contributed by atoms with Gasteiger partial charge in [-0.05, 0) is 90.6 Å². The smallest absolute Gasteiger partial charge is 0.332 e. The van der Waals surface area contributed by atoms with Crippen LogP contribution in [0.25, 0.3) is 0 Å². The maximum absolute atomic E-state index is 13.2. The summed E-state index contributed by atoms with van der Waals surface area (Å²) in [7, 11) is -2.86. The Hall–Kier alpha value is -2.40. The second kappa shape index (κ2) is 23.0. The van der Waals surface area contributed by atoms with Crippen LogP contribution >= 0.6 is 19.4 Å². The lowest BCUT2D eigenvalue weighted by atomic mass is 9.99. The highest BCUT2D eigenvalue weighted by atomic mass is 32.2. The zero-order valence-corrected chi connectivity index (χ0v) is 32.1. The van der Waals surface area contributed by atoms with Crippen molar-refractivity contribution in [2.75, 3.05) is 31.9 Å². The molecule has 270 valence electrons. The summed E-state index contributed by atoms with van der Waals surface area (Å²) in [5.41, 5.74) is 5.00. The van der Waals surface area contributed by atoms with Crippen molar-refractivity contribution >= 4 is 43.0 Å². The van der Waals surface area contributed by atoms with E-state index in [0.717, 1.165) is 31.3 Å². The summed E-state index contributed by atoms with van der Waals surface area (Å²) in [6, 6.07) is -2.90. The van der Waals surface area contributed by atoms with Gasteiger partial charge in [0.05, 0.1) is 13.3 Å². The molecule has 0 spiro atoms. The highest BCUT2D eigenvalue weighted by Gasteiger charge is 2.33. The topological polar surface area (TPSA) is 160 Å². The monoisotopic (exact) mass is 701 g/mol. The summed E-state index contributed by atoms with van der Waals surface area (Å²) in [6.45, 7) is 16.6. The predicted molar refractivity (Wildman–Crippen MR) is 191 cm³/mol. The van der Waals surface area contributed by atoms with Gasteiger partial charge in [-0.1, -0.05) is 62.1 Å². The normalized spacial score (nSPS) is 15.4. The predicted octanol–water partition coefficient (Wildman–Crippen LogP) is 5.69. The molecule has 47 heavy (non-hydrogen) atoms. The van der Waals surface area contributed by atoms with Crippen LogP contribution in [0.5, 0.6) is 0 Å². The van der Waals surface area contributed by atoms with Crippen LogP contribution in [0, 0.1) is 11.8 Å². The van der Waals surface area contributed by atoms with E-state index in [0.29, 0.717) is 12.2 Å². The van der Waals surface area contributed by atoms with E-state index in [1.165, 1.54) is 35.6 Å². The molecule has 13 heteroatoms. The second-order valence-corrected chi connectivity index (χ2v) is 15.8. The Morgan fingerprint density at radius 3 is 1.91 bits per heavy atom. The van der Waals surface area contributed by atoms with E-state index >= 15 is 0 Å². The fourth-order valence-electron chi connectivity index (χ4n) is 4.28. The van der Waals surface area contributed by atoms with Gasteiger partial charge >= 0.3 is 13.6 Å².